The largest absolute Gasteiger partial charge is 0.342 e. The van der Waals surface area contributed by atoms with Crippen molar-refractivity contribution >= 4 is 17.2 Å². The van der Waals surface area contributed by atoms with Gasteiger partial charge in [0.1, 0.15) is 0 Å². The van der Waals surface area contributed by atoms with Crippen LogP contribution in [0.5, 0.6) is 0 Å². The smallest absolute Gasteiger partial charge is 0.227 e. The van der Waals surface area contributed by atoms with Gasteiger partial charge in [0.25, 0.3) is 0 Å². The van der Waals surface area contributed by atoms with Gasteiger partial charge in [-0.2, -0.15) is 0 Å². The van der Waals surface area contributed by atoms with Crippen LogP contribution >= 0.6 is 11.3 Å². The monoisotopic (exact) mass is 252 g/mol. The molecule has 0 atom stereocenters. The van der Waals surface area contributed by atoms with Gasteiger partial charge in [-0.3, -0.25) is 4.79 Å². The first-order chi connectivity index (χ1) is 8.29. The lowest BCUT2D eigenvalue weighted by molar-refractivity contribution is -0.131. The molecule has 1 amide bonds. The van der Waals surface area contributed by atoms with Gasteiger partial charge in [0.05, 0.1) is 6.42 Å². The number of likely N-dealkylation sites (tertiary alicyclic amines) is 1. The van der Waals surface area contributed by atoms with Crippen LogP contribution in [0.2, 0.25) is 0 Å². The minimum atomic E-state index is 0.277. The minimum absolute atomic E-state index is 0.277. The van der Waals surface area contributed by atoms with Crippen molar-refractivity contribution in [3.63, 3.8) is 0 Å². The van der Waals surface area contributed by atoms with E-state index in [1.165, 1.54) is 4.88 Å². The maximum Gasteiger partial charge on any atom is 0.227 e. The molecule has 0 spiro atoms. The summed E-state index contributed by atoms with van der Waals surface area (Å²) in [5.41, 5.74) is 5.56. The van der Waals surface area contributed by atoms with Gasteiger partial charge >= 0.3 is 0 Å². The van der Waals surface area contributed by atoms with Crippen molar-refractivity contribution in [3.05, 3.63) is 22.4 Å². The van der Waals surface area contributed by atoms with Crippen LogP contribution in [0.1, 0.15) is 24.1 Å². The Morgan fingerprint density at radius 2 is 2.24 bits per heavy atom. The Bertz CT molecular complexity index is 342. The standard InChI is InChI=1S/C13H20N2OS/c14-6-3-11-4-7-15(8-5-11)13(16)10-12-2-1-9-17-12/h1-2,9,11H,3-8,10,14H2. The highest BCUT2D eigenvalue weighted by Gasteiger charge is 2.22. The van der Waals surface area contributed by atoms with Gasteiger partial charge in [-0.1, -0.05) is 6.07 Å². The maximum atomic E-state index is 12.0. The molecule has 3 nitrogen and oxygen atoms in total. The summed E-state index contributed by atoms with van der Waals surface area (Å²) in [4.78, 5) is 15.2. The van der Waals surface area contributed by atoms with Crippen molar-refractivity contribution in [2.75, 3.05) is 19.6 Å². The van der Waals surface area contributed by atoms with E-state index < -0.39 is 0 Å². The second-order valence-corrected chi connectivity index (χ2v) is 5.69. The van der Waals surface area contributed by atoms with E-state index in [1.807, 2.05) is 22.4 Å². The number of nitrogens with zero attached hydrogens (tertiary/aromatic N) is 1. The Kier molecular flexibility index (Phi) is 4.57. The van der Waals surface area contributed by atoms with E-state index >= 15 is 0 Å². The highest BCUT2D eigenvalue weighted by Crippen LogP contribution is 2.21. The summed E-state index contributed by atoms with van der Waals surface area (Å²) >= 11 is 1.66. The molecule has 1 aliphatic rings. The highest BCUT2D eigenvalue weighted by atomic mass is 32.1. The van der Waals surface area contributed by atoms with Crippen LogP contribution in [0.25, 0.3) is 0 Å². The van der Waals surface area contributed by atoms with Crippen LogP contribution in [-0.4, -0.2) is 30.4 Å². The molecule has 4 heteroatoms. The quantitative estimate of drug-likeness (QED) is 0.889. The summed E-state index contributed by atoms with van der Waals surface area (Å²) in [6, 6.07) is 4.03. The van der Waals surface area contributed by atoms with Crippen molar-refractivity contribution in [3.8, 4) is 0 Å². The molecular formula is C13H20N2OS. The molecule has 1 aromatic rings. The second-order valence-electron chi connectivity index (χ2n) is 4.66. The van der Waals surface area contributed by atoms with Crippen molar-refractivity contribution in [1.29, 1.82) is 0 Å². The van der Waals surface area contributed by atoms with Crippen LogP contribution in [0.4, 0.5) is 0 Å². The maximum absolute atomic E-state index is 12.0. The molecule has 0 bridgehead atoms. The van der Waals surface area contributed by atoms with Crippen LogP contribution in [-0.2, 0) is 11.2 Å². The van der Waals surface area contributed by atoms with E-state index in [0.717, 1.165) is 44.8 Å². The molecule has 17 heavy (non-hydrogen) atoms. The number of piperidine rings is 1. The van der Waals surface area contributed by atoms with Crippen LogP contribution < -0.4 is 5.73 Å². The molecule has 0 radical (unpaired) electrons. The molecule has 0 aliphatic carbocycles. The first kappa shape index (κ1) is 12.6. The summed E-state index contributed by atoms with van der Waals surface area (Å²) in [7, 11) is 0. The van der Waals surface area contributed by atoms with Gasteiger partial charge < -0.3 is 10.6 Å². The lowest BCUT2D eigenvalue weighted by atomic mass is 9.93. The van der Waals surface area contributed by atoms with Gasteiger partial charge in [0, 0.05) is 18.0 Å². The summed E-state index contributed by atoms with van der Waals surface area (Å²) in [5.74, 6) is 1.00. The number of carbonyl (C=O) groups is 1. The Hall–Kier alpha value is -0.870. The third-order valence-corrected chi connectivity index (χ3v) is 4.32. The molecule has 1 aliphatic heterocycles. The second kappa shape index (κ2) is 6.17. The number of hydrogen-bond donors (Lipinski definition) is 1. The normalized spacial score (nSPS) is 17.4. The Labute approximate surface area is 107 Å². The third kappa shape index (κ3) is 3.54. The predicted octanol–water partition coefficient (Wildman–Crippen LogP) is 1.88. The van der Waals surface area contributed by atoms with Crippen LogP contribution in [0, 0.1) is 5.92 Å². The molecule has 2 N–H and O–H groups in total. The SMILES string of the molecule is NCCC1CCN(C(=O)Cc2cccs2)CC1. The zero-order valence-corrected chi connectivity index (χ0v) is 10.9. The van der Waals surface area contributed by atoms with Gasteiger partial charge in [-0.25, -0.2) is 0 Å². The molecular weight excluding hydrogens is 232 g/mol. The molecule has 0 saturated carbocycles. The lowest BCUT2D eigenvalue weighted by Gasteiger charge is -2.31. The van der Waals surface area contributed by atoms with E-state index in [-0.39, 0.29) is 5.91 Å². The van der Waals surface area contributed by atoms with E-state index in [1.54, 1.807) is 11.3 Å². The van der Waals surface area contributed by atoms with Crippen LogP contribution in [0.15, 0.2) is 17.5 Å². The van der Waals surface area contributed by atoms with Gasteiger partial charge in [-0.15, -0.1) is 11.3 Å². The number of hydrogen-bond acceptors (Lipinski definition) is 3. The molecule has 2 rings (SSSR count). The van der Waals surface area contributed by atoms with E-state index in [2.05, 4.69) is 0 Å². The predicted molar refractivity (Wildman–Crippen MR) is 71.0 cm³/mol. The fourth-order valence-electron chi connectivity index (χ4n) is 2.38. The highest BCUT2D eigenvalue weighted by molar-refractivity contribution is 7.10. The van der Waals surface area contributed by atoms with E-state index in [9.17, 15) is 4.79 Å². The van der Waals surface area contributed by atoms with E-state index in [0.29, 0.717) is 6.42 Å². The average Bonchev–Trinajstić information content (AvgIpc) is 2.83. The molecule has 94 valence electrons. The number of amides is 1. The van der Waals surface area contributed by atoms with Crippen LogP contribution in [0.3, 0.4) is 0 Å². The minimum Gasteiger partial charge on any atom is -0.342 e. The summed E-state index contributed by atoms with van der Waals surface area (Å²) < 4.78 is 0. The zero-order chi connectivity index (χ0) is 12.1. The van der Waals surface area contributed by atoms with Crippen molar-refractivity contribution < 1.29 is 4.79 Å². The van der Waals surface area contributed by atoms with Crippen molar-refractivity contribution in [2.24, 2.45) is 11.7 Å². The average molecular weight is 252 g/mol. The number of thiophene rings is 1. The Balaban J connectivity index is 1.78. The van der Waals surface area contributed by atoms with Gasteiger partial charge in [0.15, 0.2) is 0 Å². The van der Waals surface area contributed by atoms with Crippen molar-refractivity contribution in [2.45, 2.75) is 25.7 Å². The van der Waals surface area contributed by atoms with Gasteiger partial charge in [0.2, 0.25) is 5.91 Å². The molecule has 0 aromatic carbocycles. The molecule has 1 aromatic heterocycles. The summed E-state index contributed by atoms with van der Waals surface area (Å²) in [6.45, 7) is 2.59. The Morgan fingerprint density at radius 3 is 2.82 bits per heavy atom. The van der Waals surface area contributed by atoms with Crippen molar-refractivity contribution in [1.82, 2.24) is 4.90 Å². The first-order valence-corrected chi connectivity index (χ1v) is 7.18. The third-order valence-electron chi connectivity index (χ3n) is 3.45. The number of nitrogens with two attached hydrogens (primary N) is 1. The molecule has 1 saturated heterocycles. The molecule has 1 fully saturated rings. The lowest BCUT2D eigenvalue weighted by Crippen LogP contribution is -2.39. The fourth-order valence-corrected chi connectivity index (χ4v) is 3.08. The topological polar surface area (TPSA) is 46.3 Å². The Morgan fingerprint density at radius 1 is 1.47 bits per heavy atom. The summed E-state index contributed by atoms with van der Waals surface area (Å²) in [6.07, 6.45) is 3.91. The van der Waals surface area contributed by atoms with Gasteiger partial charge in [-0.05, 0) is 43.2 Å². The molecule has 0 unspecified atom stereocenters. The zero-order valence-electron chi connectivity index (χ0n) is 10.1. The first-order valence-electron chi connectivity index (χ1n) is 6.30. The summed E-state index contributed by atoms with van der Waals surface area (Å²) in [5, 5.41) is 2.02. The molecule has 2 heterocycles. The van der Waals surface area contributed by atoms with E-state index in [4.69, 9.17) is 5.73 Å². The number of rotatable bonds is 4. The fraction of sp³-hybridized carbons (Fsp3) is 0.615. The number of carbonyl (C=O) groups excluding carboxylic acids is 1.